The molecule has 1 heterocycles. The number of piperidine rings is 1. The van der Waals surface area contributed by atoms with Crippen LogP contribution in [0.4, 0.5) is 0 Å². The van der Waals surface area contributed by atoms with E-state index in [2.05, 4.69) is 15.9 Å². The van der Waals surface area contributed by atoms with Crippen LogP contribution in [0, 0.1) is 5.41 Å². The van der Waals surface area contributed by atoms with Crippen LogP contribution in [0.2, 0.25) is 0 Å². The number of nitrogens with zero attached hydrogens (tertiary/aromatic N) is 1. The van der Waals surface area contributed by atoms with Gasteiger partial charge in [0.2, 0.25) is 0 Å². The average molecular weight is 324 g/mol. The molecule has 2 aliphatic rings. The molecule has 1 aliphatic heterocycles. The zero-order chi connectivity index (χ0) is 13.5. The van der Waals surface area contributed by atoms with Crippen molar-refractivity contribution in [2.45, 2.75) is 25.7 Å². The second-order valence-corrected chi connectivity index (χ2v) is 6.59. The Balaban J connectivity index is 1.74. The fourth-order valence-corrected chi connectivity index (χ4v) is 3.32. The molecule has 3 rings (SSSR count). The summed E-state index contributed by atoms with van der Waals surface area (Å²) < 4.78 is 6.10. The lowest BCUT2D eigenvalue weighted by atomic mass is 9.93. The van der Waals surface area contributed by atoms with Gasteiger partial charge in [-0.2, -0.15) is 0 Å². The summed E-state index contributed by atoms with van der Waals surface area (Å²) in [6.07, 6.45) is 5.06. The molecule has 4 heteroatoms. The van der Waals surface area contributed by atoms with E-state index in [-0.39, 0.29) is 5.91 Å². The van der Waals surface area contributed by atoms with Crippen LogP contribution in [0.5, 0.6) is 5.75 Å². The molecule has 102 valence electrons. The molecule has 1 amide bonds. The van der Waals surface area contributed by atoms with Crippen molar-refractivity contribution in [1.29, 1.82) is 0 Å². The van der Waals surface area contributed by atoms with Gasteiger partial charge in [0.1, 0.15) is 5.75 Å². The first-order valence-electron chi connectivity index (χ1n) is 6.76. The number of methoxy groups -OCH3 is 1. The van der Waals surface area contributed by atoms with Crippen LogP contribution >= 0.6 is 15.9 Å². The Bertz CT molecular complexity index is 501. The fraction of sp³-hybridized carbons (Fsp3) is 0.533. The largest absolute Gasteiger partial charge is 0.497 e. The Hall–Kier alpha value is -1.03. The summed E-state index contributed by atoms with van der Waals surface area (Å²) in [4.78, 5) is 14.5. The predicted octanol–water partition coefficient (Wildman–Crippen LogP) is 3.47. The Kier molecular flexibility index (Phi) is 3.29. The number of carbonyl (C=O) groups excluding carboxylic acids is 1. The first kappa shape index (κ1) is 13.0. The molecule has 1 saturated heterocycles. The van der Waals surface area contributed by atoms with Crippen LogP contribution in [0.3, 0.4) is 0 Å². The number of hydrogen-bond donors (Lipinski definition) is 0. The van der Waals surface area contributed by atoms with Gasteiger partial charge in [0.25, 0.3) is 5.91 Å². The van der Waals surface area contributed by atoms with Crippen molar-refractivity contribution in [3.63, 3.8) is 0 Å². The molecular weight excluding hydrogens is 306 g/mol. The minimum atomic E-state index is 0.120. The SMILES string of the molecule is COc1cc(Br)cc(C(=O)N2CCC3(CC2)CC3)c1. The highest BCUT2D eigenvalue weighted by atomic mass is 79.9. The molecule has 1 aromatic rings. The van der Waals surface area contributed by atoms with Crippen molar-refractivity contribution in [3.05, 3.63) is 28.2 Å². The lowest BCUT2D eigenvalue weighted by Crippen LogP contribution is -2.39. The van der Waals surface area contributed by atoms with E-state index in [0.29, 0.717) is 16.7 Å². The number of amides is 1. The van der Waals surface area contributed by atoms with Crippen molar-refractivity contribution in [3.8, 4) is 5.75 Å². The van der Waals surface area contributed by atoms with Gasteiger partial charge >= 0.3 is 0 Å². The zero-order valence-corrected chi connectivity index (χ0v) is 12.7. The van der Waals surface area contributed by atoms with Gasteiger partial charge in [-0.1, -0.05) is 15.9 Å². The molecule has 0 aromatic heterocycles. The maximum atomic E-state index is 12.5. The molecule has 0 unspecified atom stereocenters. The second-order valence-electron chi connectivity index (χ2n) is 5.67. The quantitative estimate of drug-likeness (QED) is 0.834. The van der Waals surface area contributed by atoms with Crippen molar-refractivity contribution < 1.29 is 9.53 Å². The standard InChI is InChI=1S/C15H18BrNO2/c1-19-13-9-11(8-12(16)10-13)14(18)17-6-4-15(2-3-15)5-7-17/h8-10H,2-7H2,1H3. The summed E-state index contributed by atoms with van der Waals surface area (Å²) in [5, 5.41) is 0. The molecule has 0 bridgehead atoms. The van der Waals surface area contributed by atoms with E-state index < -0.39 is 0 Å². The maximum Gasteiger partial charge on any atom is 0.254 e. The number of likely N-dealkylation sites (tertiary alicyclic amines) is 1. The molecule has 0 N–H and O–H groups in total. The van der Waals surface area contributed by atoms with Crippen LogP contribution in [0.25, 0.3) is 0 Å². The summed E-state index contributed by atoms with van der Waals surface area (Å²) >= 11 is 3.42. The Morgan fingerprint density at radius 2 is 1.89 bits per heavy atom. The molecule has 1 aromatic carbocycles. The summed E-state index contributed by atoms with van der Waals surface area (Å²) in [7, 11) is 1.62. The highest BCUT2D eigenvalue weighted by Crippen LogP contribution is 2.53. The van der Waals surface area contributed by atoms with Gasteiger partial charge in [0.15, 0.2) is 0 Å². The topological polar surface area (TPSA) is 29.5 Å². The third-order valence-electron chi connectivity index (χ3n) is 4.42. The normalized spacial score (nSPS) is 20.4. The van der Waals surface area contributed by atoms with E-state index in [4.69, 9.17) is 4.74 Å². The molecule has 19 heavy (non-hydrogen) atoms. The van der Waals surface area contributed by atoms with Crippen LogP contribution in [0.15, 0.2) is 22.7 Å². The van der Waals surface area contributed by atoms with Crippen molar-refractivity contribution in [2.75, 3.05) is 20.2 Å². The number of carbonyl (C=O) groups is 1. The van der Waals surface area contributed by atoms with Crippen LogP contribution in [0.1, 0.15) is 36.0 Å². The number of benzene rings is 1. The van der Waals surface area contributed by atoms with E-state index >= 15 is 0 Å². The second kappa shape index (κ2) is 4.82. The van der Waals surface area contributed by atoms with Crippen molar-refractivity contribution >= 4 is 21.8 Å². The summed E-state index contributed by atoms with van der Waals surface area (Å²) in [6.45, 7) is 1.79. The molecular formula is C15H18BrNO2. The van der Waals surface area contributed by atoms with E-state index in [1.165, 1.54) is 25.7 Å². The average Bonchev–Trinajstić information content (AvgIpc) is 3.17. The summed E-state index contributed by atoms with van der Waals surface area (Å²) in [5.74, 6) is 0.837. The minimum absolute atomic E-state index is 0.120. The highest BCUT2D eigenvalue weighted by molar-refractivity contribution is 9.10. The predicted molar refractivity (Wildman–Crippen MR) is 77.5 cm³/mol. The van der Waals surface area contributed by atoms with Crippen molar-refractivity contribution in [1.82, 2.24) is 4.90 Å². The molecule has 1 aliphatic carbocycles. The van der Waals surface area contributed by atoms with Crippen LogP contribution in [-0.2, 0) is 0 Å². The lowest BCUT2D eigenvalue weighted by molar-refractivity contribution is 0.0678. The van der Waals surface area contributed by atoms with Crippen molar-refractivity contribution in [2.24, 2.45) is 5.41 Å². The molecule has 3 nitrogen and oxygen atoms in total. The van der Waals surface area contributed by atoms with E-state index in [9.17, 15) is 4.79 Å². The third kappa shape index (κ3) is 2.64. The number of rotatable bonds is 2. The third-order valence-corrected chi connectivity index (χ3v) is 4.88. The van der Waals surface area contributed by atoms with Gasteiger partial charge in [0, 0.05) is 23.1 Å². The van der Waals surface area contributed by atoms with Gasteiger partial charge in [0.05, 0.1) is 7.11 Å². The lowest BCUT2D eigenvalue weighted by Gasteiger charge is -2.32. The van der Waals surface area contributed by atoms with Crippen LogP contribution < -0.4 is 4.74 Å². The monoisotopic (exact) mass is 323 g/mol. The van der Waals surface area contributed by atoms with Gasteiger partial charge in [-0.3, -0.25) is 4.79 Å². The van der Waals surface area contributed by atoms with Gasteiger partial charge < -0.3 is 9.64 Å². The Morgan fingerprint density at radius 1 is 1.21 bits per heavy atom. The van der Waals surface area contributed by atoms with E-state index in [0.717, 1.165) is 17.6 Å². The Labute approximate surface area is 122 Å². The maximum absolute atomic E-state index is 12.5. The molecule has 0 atom stereocenters. The summed E-state index contributed by atoms with van der Waals surface area (Å²) in [5.41, 5.74) is 1.31. The summed E-state index contributed by atoms with van der Waals surface area (Å²) in [6, 6.07) is 5.55. The Morgan fingerprint density at radius 3 is 2.47 bits per heavy atom. The number of hydrogen-bond acceptors (Lipinski definition) is 2. The van der Waals surface area contributed by atoms with Crippen LogP contribution in [-0.4, -0.2) is 31.0 Å². The number of halogens is 1. The molecule has 1 spiro atoms. The first-order chi connectivity index (χ1) is 9.12. The van der Waals surface area contributed by atoms with E-state index in [1.807, 2.05) is 23.1 Å². The fourth-order valence-electron chi connectivity index (χ4n) is 2.85. The van der Waals surface area contributed by atoms with Gasteiger partial charge in [-0.25, -0.2) is 0 Å². The highest BCUT2D eigenvalue weighted by Gasteiger charge is 2.45. The smallest absolute Gasteiger partial charge is 0.254 e. The van der Waals surface area contributed by atoms with Gasteiger partial charge in [-0.15, -0.1) is 0 Å². The first-order valence-corrected chi connectivity index (χ1v) is 7.55. The number of ether oxygens (including phenoxy) is 1. The molecule has 0 radical (unpaired) electrons. The molecule has 1 saturated carbocycles. The van der Waals surface area contributed by atoms with Gasteiger partial charge in [-0.05, 0) is 49.3 Å². The minimum Gasteiger partial charge on any atom is -0.497 e. The van der Waals surface area contributed by atoms with E-state index in [1.54, 1.807) is 7.11 Å². The molecule has 2 fully saturated rings. The zero-order valence-electron chi connectivity index (χ0n) is 11.1.